The minimum absolute atomic E-state index is 0.00479. The number of methoxy groups -OCH3 is 1. The summed E-state index contributed by atoms with van der Waals surface area (Å²) in [5.74, 6) is 0.614. The van der Waals surface area contributed by atoms with Crippen LogP contribution in [-0.4, -0.2) is 80.1 Å². The molecule has 37 heavy (non-hydrogen) atoms. The lowest BCUT2D eigenvalue weighted by Gasteiger charge is -2.38. The lowest BCUT2D eigenvalue weighted by atomic mass is 9.96. The van der Waals surface area contributed by atoms with Crippen molar-refractivity contribution in [3.8, 4) is 5.75 Å². The van der Waals surface area contributed by atoms with Crippen LogP contribution in [0.2, 0.25) is 0 Å². The van der Waals surface area contributed by atoms with Gasteiger partial charge < -0.3 is 29.1 Å². The number of aliphatic imine (C=N–C) groups is 2. The number of benzene rings is 1. The smallest absolute Gasteiger partial charge is 0.305 e. The second kappa shape index (κ2) is 12.9. The van der Waals surface area contributed by atoms with Crippen molar-refractivity contribution in [3.63, 3.8) is 0 Å². The quantitative estimate of drug-likeness (QED) is 0.282. The van der Waals surface area contributed by atoms with Crippen LogP contribution in [0.5, 0.6) is 5.75 Å². The normalized spacial score (nSPS) is 26.8. The molecule has 5 atom stereocenters. The Hall–Kier alpha value is -3.14. The number of carboxylic acid groups (broad SMARTS) is 1. The molecule has 0 aliphatic carbocycles. The molecule has 2 heterocycles. The number of piperidine rings is 1. The molecule has 0 bridgehead atoms. The van der Waals surface area contributed by atoms with Crippen LogP contribution >= 0.6 is 0 Å². The standard InChI is InChI=1S/C27H39FN4O5/c1-7-36-20-8-9-21(28)23(12-20)31-11-10-24(17(2)15-31)37-26(29-5)14-30-19(4)32-16-25(35-6)18(3)22(32)13-27(33)34/h8-9,12,14,17-18,22,24-25H,5,7,10-11,13,15-16H2,1-4,6H3,(H,33,34)/b26-14+,30-19+/t17-,18+,22+,24-,25+/m1/s1. The van der Waals surface area contributed by atoms with Gasteiger partial charge in [-0.05, 0) is 32.7 Å². The zero-order valence-corrected chi connectivity index (χ0v) is 22.4. The molecule has 1 aromatic carbocycles. The van der Waals surface area contributed by atoms with E-state index < -0.39 is 5.97 Å². The molecule has 0 radical (unpaired) electrons. The van der Waals surface area contributed by atoms with Gasteiger partial charge in [0.25, 0.3) is 0 Å². The van der Waals surface area contributed by atoms with E-state index in [-0.39, 0.29) is 42.3 Å². The van der Waals surface area contributed by atoms with E-state index in [0.717, 1.165) is 0 Å². The largest absolute Gasteiger partial charge is 0.494 e. The van der Waals surface area contributed by atoms with Crippen LogP contribution < -0.4 is 9.64 Å². The maximum Gasteiger partial charge on any atom is 0.305 e. The first kappa shape index (κ1) is 28.4. The molecule has 1 aromatic rings. The van der Waals surface area contributed by atoms with Crippen LogP contribution in [0.25, 0.3) is 0 Å². The molecular formula is C27H39FN4O5. The highest BCUT2D eigenvalue weighted by molar-refractivity contribution is 5.82. The number of nitrogens with zero attached hydrogens (tertiary/aromatic N) is 4. The maximum absolute atomic E-state index is 14.5. The molecule has 2 aliphatic heterocycles. The minimum Gasteiger partial charge on any atom is -0.494 e. The lowest BCUT2D eigenvalue weighted by molar-refractivity contribution is -0.138. The van der Waals surface area contributed by atoms with Crippen molar-refractivity contribution < 1.29 is 28.5 Å². The zero-order valence-electron chi connectivity index (χ0n) is 22.4. The fraction of sp³-hybridized carbons (Fsp3) is 0.593. The van der Waals surface area contributed by atoms with Gasteiger partial charge in [-0.25, -0.2) is 14.4 Å². The van der Waals surface area contributed by atoms with E-state index in [1.54, 1.807) is 19.2 Å². The first-order chi connectivity index (χ1) is 17.7. The zero-order chi connectivity index (χ0) is 27.1. The van der Waals surface area contributed by atoms with Crippen molar-refractivity contribution in [1.29, 1.82) is 0 Å². The van der Waals surface area contributed by atoms with Gasteiger partial charge in [-0.3, -0.25) is 4.79 Å². The molecular weight excluding hydrogens is 479 g/mol. The van der Waals surface area contributed by atoms with Gasteiger partial charge in [-0.1, -0.05) is 13.8 Å². The highest BCUT2D eigenvalue weighted by Crippen LogP contribution is 2.32. The summed E-state index contributed by atoms with van der Waals surface area (Å²) in [6.45, 7) is 13.7. The Bertz CT molecular complexity index is 1020. The number of hydrogen-bond acceptors (Lipinski definition) is 7. The van der Waals surface area contributed by atoms with Gasteiger partial charge in [-0.2, -0.15) is 0 Å². The number of aliphatic carboxylic acids is 1. The molecule has 0 aromatic heterocycles. The molecule has 0 spiro atoms. The Kier molecular flexibility index (Phi) is 9.91. The molecule has 2 saturated heterocycles. The highest BCUT2D eigenvalue weighted by atomic mass is 19.1. The third-order valence-electron chi connectivity index (χ3n) is 7.26. The molecule has 0 saturated carbocycles. The van der Waals surface area contributed by atoms with Gasteiger partial charge in [0.2, 0.25) is 5.88 Å². The Morgan fingerprint density at radius 1 is 1.30 bits per heavy atom. The second-order valence-corrected chi connectivity index (χ2v) is 9.67. The first-order valence-corrected chi connectivity index (χ1v) is 12.7. The summed E-state index contributed by atoms with van der Waals surface area (Å²) >= 11 is 0. The number of hydrogen-bond donors (Lipinski definition) is 1. The van der Waals surface area contributed by atoms with Crippen molar-refractivity contribution >= 4 is 24.2 Å². The van der Waals surface area contributed by atoms with Crippen LogP contribution in [0.15, 0.2) is 40.3 Å². The molecule has 204 valence electrons. The summed E-state index contributed by atoms with van der Waals surface area (Å²) in [5.41, 5.74) is 0.527. The summed E-state index contributed by atoms with van der Waals surface area (Å²) in [6.07, 6.45) is 2.00. The van der Waals surface area contributed by atoms with E-state index in [9.17, 15) is 14.3 Å². The molecule has 1 N–H and O–H groups in total. The number of halogens is 1. The molecule has 2 aliphatic rings. The van der Waals surface area contributed by atoms with Gasteiger partial charge in [0, 0.05) is 57.1 Å². The maximum atomic E-state index is 14.5. The van der Waals surface area contributed by atoms with Crippen molar-refractivity contribution in [2.45, 2.75) is 58.8 Å². The molecule has 0 unspecified atom stereocenters. The predicted molar refractivity (Wildman–Crippen MR) is 142 cm³/mol. The Balaban J connectivity index is 1.67. The highest BCUT2D eigenvalue weighted by Gasteiger charge is 2.40. The third-order valence-corrected chi connectivity index (χ3v) is 7.26. The van der Waals surface area contributed by atoms with Gasteiger partial charge in [0.15, 0.2) is 0 Å². The van der Waals surface area contributed by atoms with Crippen molar-refractivity contribution in [2.75, 3.05) is 38.3 Å². The summed E-state index contributed by atoms with van der Waals surface area (Å²) in [6, 6.07) is 4.60. The summed E-state index contributed by atoms with van der Waals surface area (Å²) in [5, 5.41) is 9.36. The van der Waals surface area contributed by atoms with E-state index >= 15 is 0 Å². The van der Waals surface area contributed by atoms with Crippen LogP contribution in [-0.2, 0) is 14.3 Å². The fourth-order valence-corrected chi connectivity index (χ4v) is 5.16. The van der Waals surface area contributed by atoms with Crippen molar-refractivity contribution in [3.05, 3.63) is 36.1 Å². The fourth-order valence-electron chi connectivity index (χ4n) is 5.16. The Morgan fingerprint density at radius 3 is 2.68 bits per heavy atom. The minimum atomic E-state index is -0.858. The van der Waals surface area contributed by atoms with Crippen molar-refractivity contribution in [2.24, 2.45) is 21.8 Å². The van der Waals surface area contributed by atoms with Crippen molar-refractivity contribution in [1.82, 2.24) is 4.90 Å². The molecule has 0 amide bonds. The molecule has 9 nitrogen and oxygen atoms in total. The monoisotopic (exact) mass is 518 g/mol. The van der Waals surface area contributed by atoms with Crippen LogP contribution in [0.1, 0.15) is 40.5 Å². The number of carboxylic acids is 1. The van der Waals surface area contributed by atoms with E-state index in [1.807, 2.05) is 30.6 Å². The van der Waals surface area contributed by atoms with Crippen LogP contribution in [0.4, 0.5) is 10.1 Å². The van der Waals surface area contributed by atoms with Gasteiger partial charge >= 0.3 is 5.97 Å². The average molecular weight is 519 g/mol. The lowest BCUT2D eigenvalue weighted by Crippen LogP contribution is -2.43. The third kappa shape index (κ3) is 7.00. The molecule has 10 heteroatoms. The second-order valence-electron chi connectivity index (χ2n) is 9.67. The molecule has 2 fully saturated rings. The summed E-state index contributed by atoms with van der Waals surface area (Å²) in [7, 11) is 1.64. The summed E-state index contributed by atoms with van der Waals surface area (Å²) in [4.78, 5) is 23.9. The number of ether oxygens (including phenoxy) is 3. The van der Waals surface area contributed by atoms with E-state index in [0.29, 0.717) is 55.8 Å². The van der Waals surface area contributed by atoms with Gasteiger partial charge in [0.05, 0.1) is 31.0 Å². The van der Waals surface area contributed by atoms with E-state index in [1.165, 1.54) is 12.3 Å². The Morgan fingerprint density at radius 2 is 2.05 bits per heavy atom. The first-order valence-electron chi connectivity index (χ1n) is 12.7. The number of anilines is 1. The number of likely N-dealkylation sites (tertiary alicyclic amines) is 1. The predicted octanol–water partition coefficient (Wildman–Crippen LogP) is 4.18. The topological polar surface area (TPSA) is 96.2 Å². The average Bonchev–Trinajstić information content (AvgIpc) is 3.18. The molecule has 3 rings (SSSR count). The van der Waals surface area contributed by atoms with Crippen LogP contribution in [0.3, 0.4) is 0 Å². The van der Waals surface area contributed by atoms with Gasteiger partial charge in [0.1, 0.15) is 23.5 Å². The van der Waals surface area contributed by atoms with E-state index in [4.69, 9.17) is 14.2 Å². The van der Waals surface area contributed by atoms with E-state index in [2.05, 4.69) is 23.6 Å². The number of amidine groups is 1. The SMILES string of the molecule is C=N/C(=C\N=C(/C)N1C[C@H](OC)[C@@H](C)[C@@H]1CC(=O)O)O[C@@H]1CCN(c2cc(OCC)ccc2F)C[C@H]1C. The number of rotatable bonds is 10. The van der Waals surface area contributed by atoms with Crippen LogP contribution in [0, 0.1) is 17.7 Å². The summed E-state index contributed by atoms with van der Waals surface area (Å²) < 4.78 is 31.8. The Labute approximate surface area is 218 Å². The number of carbonyl (C=O) groups is 1. The van der Waals surface area contributed by atoms with Gasteiger partial charge in [-0.15, -0.1) is 0 Å².